The lowest BCUT2D eigenvalue weighted by Gasteiger charge is -2.36. The van der Waals surface area contributed by atoms with E-state index in [4.69, 9.17) is 21.1 Å². The number of ether oxygens (including phenoxy) is 2. The highest BCUT2D eigenvalue weighted by molar-refractivity contribution is 6.30. The molecule has 1 atom stereocenters. The Hall–Kier alpha value is -3.39. The number of anilines is 1. The van der Waals surface area contributed by atoms with Crippen molar-refractivity contribution in [3.05, 3.63) is 100 Å². The summed E-state index contributed by atoms with van der Waals surface area (Å²) in [7, 11) is 0. The van der Waals surface area contributed by atoms with Gasteiger partial charge < -0.3 is 19.7 Å². The van der Waals surface area contributed by atoms with Gasteiger partial charge in [0.15, 0.2) is 0 Å². The van der Waals surface area contributed by atoms with Crippen LogP contribution in [0.4, 0.5) is 10.5 Å². The second-order valence-electron chi connectivity index (χ2n) is 9.36. The van der Waals surface area contributed by atoms with Crippen LogP contribution in [-0.2, 0) is 16.1 Å². The summed E-state index contributed by atoms with van der Waals surface area (Å²) in [6.07, 6.45) is -0.119. The molecule has 1 N–H and O–H groups in total. The van der Waals surface area contributed by atoms with Crippen molar-refractivity contribution >= 4 is 29.3 Å². The fourth-order valence-corrected chi connectivity index (χ4v) is 4.53. The molecule has 1 fully saturated rings. The van der Waals surface area contributed by atoms with Crippen LogP contribution in [0.3, 0.4) is 0 Å². The Balaban J connectivity index is 1.31. The number of piperazine rings is 1. The van der Waals surface area contributed by atoms with Crippen LogP contribution >= 0.6 is 11.6 Å². The second-order valence-corrected chi connectivity index (χ2v) is 9.79. The number of hydrogen-bond donors (Lipinski definition) is 1. The van der Waals surface area contributed by atoms with Crippen LogP contribution in [0.2, 0.25) is 5.02 Å². The fraction of sp³-hybridized carbons (Fsp3) is 0.333. The van der Waals surface area contributed by atoms with Crippen molar-refractivity contribution in [1.29, 1.82) is 0 Å². The number of hydrogen-bond acceptors (Lipinski definition) is 5. The molecule has 1 unspecified atom stereocenters. The van der Waals surface area contributed by atoms with Crippen molar-refractivity contribution in [2.75, 3.05) is 44.6 Å². The van der Waals surface area contributed by atoms with E-state index in [1.807, 2.05) is 30.3 Å². The molecule has 2 amide bonds. The summed E-state index contributed by atoms with van der Waals surface area (Å²) >= 11 is 6.12. The van der Waals surface area contributed by atoms with E-state index in [0.717, 1.165) is 30.8 Å². The van der Waals surface area contributed by atoms with Crippen molar-refractivity contribution in [2.24, 2.45) is 0 Å². The lowest BCUT2D eigenvalue weighted by Crippen LogP contribution is -2.50. The molecule has 0 saturated carbocycles. The van der Waals surface area contributed by atoms with E-state index in [2.05, 4.69) is 35.3 Å². The van der Waals surface area contributed by atoms with Gasteiger partial charge in [0.25, 0.3) is 0 Å². The monoisotopic (exact) mass is 535 g/mol. The highest BCUT2D eigenvalue weighted by atomic mass is 35.5. The molecule has 3 aromatic carbocycles. The number of halogens is 1. The molecule has 0 aromatic heterocycles. The molecule has 4 rings (SSSR count). The number of urea groups is 1. The normalized spacial score (nSPS) is 14.7. The summed E-state index contributed by atoms with van der Waals surface area (Å²) in [6.45, 7) is 8.11. The number of aryl methyl sites for hydroxylation is 1. The summed E-state index contributed by atoms with van der Waals surface area (Å²) in [4.78, 5) is 28.8. The molecule has 0 aliphatic carbocycles. The van der Waals surface area contributed by atoms with Gasteiger partial charge in [-0.15, -0.1) is 0 Å². The third-order valence-corrected chi connectivity index (χ3v) is 6.76. The first kappa shape index (κ1) is 27.6. The molecular weight excluding hydrogens is 502 g/mol. The fourth-order valence-electron chi connectivity index (χ4n) is 4.41. The van der Waals surface area contributed by atoms with E-state index in [1.54, 1.807) is 36.1 Å². The van der Waals surface area contributed by atoms with Crippen molar-refractivity contribution in [3.63, 3.8) is 0 Å². The van der Waals surface area contributed by atoms with E-state index in [-0.39, 0.29) is 18.1 Å². The maximum Gasteiger partial charge on any atom is 0.338 e. The van der Waals surface area contributed by atoms with Gasteiger partial charge in [-0.25, -0.2) is 9.59 Å². The molecule has 8 heteroatoms. The molecule has 1 aliphatic heterocycles. The topological polar surface area (TPSA) is 71.1 Å². The van der Waals surface area contributed by atoms with Crippen LogP contribution < -0.4 is 5.32 Å². The summed E-state index contributed by atoms with van der Waals surface area (Å²) in [5.74, 6) is -0.374. The van der Waals surface area contributed by atoms with Gasteiger partial charge in [-0.3, -0.25) is 4.90 Å². The Kier molecular flexibility index (Phi) is 9.76. The van der Waals surface area contributed by atoms with E-state index >= 15 is 0 Å². The predicted octanol–water partition coefficient (Wildman–Crippen LogP) is 5.93. The number of rotatable bonds is 9. The highest BCUT2D eigenvalue weighted by Crippen LogP contribution is 2.24. The predicted molar refractivity (Wildman–Crippen MR) is 150 cm³/mol. The van der Waals surface area contributed by atoms with Gasteiger partial charge in [0.05, 0.1) is 24.9 Å². The number of carbonyl (C=O) groups is 2. The van der Waals surface area contributed by atoms with Gasteiger partial charge in [-0.05, 0) is 61.4 Å². The molecule has 0 bridgehead atoms. The third-order valence-electron chi connectivity index (χ3n) is 6.51. The molecule has 38 heavy (non-hydrogen) atoms. The molecule has 7 nitrogen and oxygen atoms in total. The average Bonchev–Trinajstić information content (AvgIpc) is 2.92. The average molecular weight is 536 g/mol. The minimum absolute atomic E-state index is 0.119. The van der Waals surface area contributed by atoms with E-state index in [1.165, 1.54) is 5.56 Å². The largest absolute Gasteiger partial charge is 0.462 e. The van der Waals surface area contributed by atoms with Crippen LogP contribution in [0.15, 0.2) is 72.8 Å². The number of nitrogens with one attached hydrogen (secondary N) is 1. The Morgan fingerprint density at radius 1 is 0.974 bits per heavy atom. The maximum absolute atomic E-state index is 12.8. The van der Waals surface area contributed by atoms with Gasteiger partial charge in [0.2, 0.25) is 0 Å². The zero-order chi connectivity index (χ0) is 26.9. The van der Waals surface area contributed by atoms with Gasteiger partial charge in [0.1, 0.15) is 0 Å². The lowest BCUT2D eigenvalue weighted by atomic mass is 10.1. The number of amides is 2. The summed E-state index contributed by atoms with van der Waals surface area (Å²) in [6, 6.07) is 22.7. The first-order valence-corrected chi connectivity index (χ1v) is 13.3. The summed E-state index contributed by atoms with van der Waals surface area (Å²) < 4.78 is 11.4. The second kappa shape index (κ2) is 13.4. The zero-order valence-electron chi connectivity index (χ0n) is 21.9. The van der Waals surface area contributed by atoms with E-state index < -0.39 is 0 Å². The van der Waals surface area contributed by atoms with Crippen molar-refractivity contribution in [2.45, 2.75) is 26.6 Å². The van der Waals surface area contributed by atoms with Crippen molar-refractivity contribution in [1.82, 2.24) is 9.80 Å². The Bertz CT molecular complexity index is 1210. The smallest absolute Gasteiger partial charge is 0.338 e. The van der Waals surface area contributed by atoms with Gasteiger partial charge in [-0.2, -0.15) is 0 Å². The summed E-state index contributed by atoms with van der Waals surface area (Å²) in [5.41, 5.74) is 4.52. The first-order valence-electron chi connectivity index (χ1n) is 12.9. The molecule has 1 aliphatic rings. The van der Waals surface area contributed by atoms with Crippen LogP contribution in [0.5, 0.6) is 0 Å². The first-order chi connectivity index (χ1) is 18.4. The van der Waals surface area contributed by atoms with Crippen LogP contribution in [-0.4, -0.2) is 61.1 Å². The minimum atomic E-state index is -0.374. The van der Waals surface area contributed by atoms with Gasteiger partial charge in [0, 0.05) is 43.4 Å². The standard InChI is InChI=1S/C30H34ClN3O4/c1-3-37-29(35)25-9-13-27(14-10-25)32-30(36)34-17-15-33(16-18-34)20-28(24-7-11-26(31)12-8-24)38-21-23-6-4-5-22(2)19-23/h4-14,19,28H,3,15-18,20-21H2,1-2H3,(H,32,36). The highest BCUT2D eigenvalue weighted by Gasteiger charge is 2.24. The van der Waals surface area contributed by atoms with Crippen LogP contribution in [0.1, 0.15) is 40.1 Å². The van der Waals surface area contributed by atoms with Gasteiger partial charge in [-0.1, -0.05) is 53.6 Å². The van der Waals surface area contributed by atoms with Gasteiger partial charge >= 0.3 is 12.0 Å². The molecule has 200 valence electrons. The molecular formula is C30H34ClN3O4. The molecule has 0 spiro atoms. The van der Waals surface area contributed by atoms with Crippen molar-refractivity contribution in [3.8, 4) is 0 Å². The quantitative estimate of drug-likeness (QED) is 0.344. The molecule has 3 aromatic rings. The molecule has 1 heterocycles. The molecule has 1 saturated heterocycles. The number of carbonyl (C=O) groups excluding carboxylic acids is 2. The Morgan fingerprint density at radius 3 is 2.34 bits per heavy atom. The summed E-state index contributed by atoms with van der Waals surface area (Å²) in [5, 5.41) is 3.61. The van der Waals surface area contributed by atoms with E-state index in [9.17, 15) is 9.59 Å². The van der Waals surface area contributed by atoms with Crippen molar-refractivity contribution < 1.29 is 19.1 Å². The minimum Gasteiger partial charge on any atom is -0.462 e. The number of benzene rings is 3. The Morgan fingerprint density at radius 2 is 1.68 bits per heavy atom. The Labute approximate surface area is 229 Å². The third kappa shape index (κ3) is 7.81. The van der Waals surface area contributed by atoms with Crippen LogP contribution in [0.25, 0.3) is 0 Å². The van der Waals surface area contributed by atoms with E-state index in [0.29, 0.717) is 42.6 Å². The van der Waals surface area contributed by atoms with Crippen LogP contribution in [0, 0.1) is 6.92 Å². The lowest BCUT2D eigenvalue weighted by molar-refractivity contribution is 0.00592. The number of esters is 1. The SMILES string of the molecule is CCOC(=O)c1ccc(NC(=O)N2CCN(CC(OCc3cccc(C)c3)c3ccc(Cl)cc3)CC2)cc1. The maximum atomic E-state index is 12.8. The number of nitrogens with zero attached hydrogens (tertiary/aromatic N) is 2. The molecule has 0 radical (unpaired) electrons. The zero-order valence-corrected chi connectivity index (χ0v) is 22.6.